The number of ketones is 1. The molecule has 0 bridgehead atoms. The zero-order valence-corrected chi connectivity index (χ0v) is 18.0. The van der Waals surface area contributed by atoms with Crippen LogP contribution in [0.5, 0.6) is 0 Å². The van der Waals surface area contributed by atoms with Crippen molar-refractivity contribution in [3.05, 3.63) is 107 Å². The first kappa shape index (κ1) is 17.7. The molecule has 0 spiro atoms. The number of benzene rings is 7. The van der Waals surface area contributed by atoms with Gasteiger partial charge in [-0.15, -0.1) is 0 Å². The van der Waals surface area contributed by atoms with Crippen molar-refractivity contribution in [1.82, 2.24) is 0 Å². The van der Waals surface area contributed by atoms with Crippen LogP contribution in [0, 0.1) is 13.8 Å². The van der Waals surface area contributed by atoms with Crippen LogP contribution in [0.15, 0.2) is 84.9 Å². The van der Waals surface area contributed by atoms with E-state index in [1.54, 1.807) is 0 Å². The largest absolute Gasteiger partial charge is 0.289 e. The molecule has 7 aromatic rings. The highest BCUT2D eigenvalue weighted by Crippen LogP contribution is 2.47. The van der Waals surface area contributed by atoms with Crippen LogP contribution >= 0.6 is 0 Å². The molecule has 0 aliphatic heterocycles. The van der Waals surface area contributed by atoms with Gasteiger partial charge in [-0.25, -0.2) is 0 Å². The highest BCUT2D eigenvalue weighted by molar-refractivity contribution is 6.42. The molecule has 0 heterocycles. The molecular formula is C31H20O. The zero-order chi connectivity index (χ0) is 21.6. The molecular weight excluding hydrogens is 388 g/mol. The summed E-state index contributed by atoms with van der Waals surface area (Å²) in [4.78, 5) is 13.8. The van der Waals surface area contributed by atoms with Gasteiger partial charge in [-0.1, -0.05) is 90.5 Å². The monoisotopic (exact) mass is 408 g/mol. The van der Waals surface area contributed by atoms with E-state index < -0.39 is 0 Å². The van der Waals surface area contributed by atoms with E-state index in [2.05, 4.69) is 67.6 Å². The highest BCUT2D eigenvalue weighted by Gasteiger charge is 2.24. The summed E-state index contributed by atoms with van der Waals surface area (Å²) in [6, 6.07) is 29.8. The van der Waals surface area contributed by atoms with Gasteiger partial charge < -0.3 is 0 Å². The Labute approximate surface area is 185 Å². The van der Waals surface area contributed by atoms with Crippen molar-refractivity contribution >= 4 is 59.6 Å². The molecule has 0 radical (unpaired) electrons. The molecule has 1 nitrogen and oxygen atoms in total. The van der Waals surface area contributed by atoms with Gasteiger partial charge in [-0.3, -0.25) is 4.79 Å². The quantitative estimate of drug-likeness (QED) is 0.160. The fraction of sp³-hybridized carbons (Fsp3) is 0.0645. The number of carbonyl (C=O) groups is 1. The van der Waals surface area contributed by atoms with E-state index in [9.17, 15) is 4.79 Å². The Bertz CT molecular complexity index is 1840. The lowest BCUT2D eigenvalue weighted by molar-refractivity contribution is 0.104. The lowest BCUT2D eigenvalue weighted by Gasteiger charge is -2.21. The average molecular weight is 409 g/mol. The molecule has 0 N–H and O–H groups in total. The van der Waals surface area contributed by atoms with Gasteiger partial charge in [0, 0.05) is 11.1 Å². The van der Waals surface area contributed by atoms with E-state index in [4.69, 9.17) is 0 Å². The zero-order valence-electron chi connectivity index (χ0n) is 18.0. The summed E-state index contributed by atoms with van der Waals surface area (Å²) >= 11 is 0. The SMILES string of the molecule is Cc1ccc(C(=O)c2c(C)c3ccc4cccc5c6cccc7ccc2c(c76)c3c45)cc1. The van der Waals surface area contributed by atoms with Crippen molar-refractivity contribution < 1.29 is 4.79 Å². The Morgan fingerprint density at radius 3 is 1.72 bits per heavy atom. The lowest BCUT2D eigenvalue weighted by Crippen LogP contribution is -2.06. The van der Waals surface area contributed by atoms with Gasteiger partial charge in [-0.2, -0.15) is 0 Å². The number of rotatable bonds is 2. The fourth-order valence-electron chi connectivity index (χ4n) is 5.73. The summed E-state index contributed by atoms with van der Waals surface area (Å²) in [5.41, 5.74) is 3.79. The second-order valence-electron chi connectivity index (χ2n) is 8.98. The minimum Gasteiger partial charge on any atom is -0.289 e. The van der Waals surface area contributed by atoms with E-state index >= 15 is 0 Å². The molecule has 7 aromatic carbocycles. The first-order valence-corrected chi connectivity index (χ1v) is 11.1. The summed E-state index contributed by atoms with van der Waals surface area (Å²) in [7, 11) is 0. The first-order chi connectivity index (χ1) is 15.6. The van der Waals surface area contributed by atoms with Crippen LogP contribution in [-0.4, -0.2) is 5.78 Å². The maximum Gasteiger partial charge on any atom is 0.193 e. The van der Waals surface area contributed by atoms with E-state index in [0.29, 0.717) is 0 Å². The first-order valence-electron chi connectivity index (χ1n) is 11.1. The van der Waals surface area contributed by atoms with E-state index in [-0.39, 0.29) is 5.78 Å². The molecule has 0 saturated heterocycles. The maximum atomic E-state index is 13.8. The van der Waals surface area contributed by atoms with Crippen LogP contribution in [-0.2, 0) is 0 Å². The molecule has 0 fully saturated rings. The van der Waals surface area contributed by atoms with E-state index in [1.165, 1.54) is 48.5 Å². The third kappa shape index (κ3) is 2.10. The van der Waals surface area contributed by atoms with Crippen LogP contribution in [0.4, 0.5) is 0 Å². The Morgan fingerprint density at radius 2 is 1.09 bits per heavy atom. The second kappa shape index (κ2) is 6.05. The molecule has 32 heavy (non-hydrogen) atoms. The van der Waals surface area contributed by atoms with E-state index in [1.807, 2.05) is 31.2 Å². The Balaban J connectivity index is 1.76. The van der Waals surface area contributed by atoms with Gasteiger partial charge in [0.2, 0.25) is 0 Å². The molecule has 150 valence electrons. The number of hydrogen-bond acceptors (Lipinski definition) is 1. The summed E-state index contributed by atoms with van der Waals surface area (Å²) in [6.45, 7) is 4.16. The average Bonchev–Trinajstić information content (AvgIpc) is 2.83. The normalized spacial score (nSPS) is 12.2. The van der Waals surface area contributed by atoms with Crippen molar-refractivity contribution in [2.75, 3.05) is 0 Å². The third-order valence-corrected chi connectivity index (χ3v) is 7.22. The van der Waals surface area contributed by atoms with Gasteiger partial charge in [0.05, 0.1) is 0 Å². The van der Waals surface area contributed by atoms with Crippen molar-refractivity contribution in [3.8, 4) is 0 Å². The topological polar surface area (TPSA) is 17.1 Å². The Kier molecular flexibility index (Phi) is 3.34. The van der Waals surface area contributed by atoms with Crippen LogP contribution < -0.4 is 0 Å². The molecule has 7 rings (SSSR count). The summed E-state index contributed by atoms with van der Waals surface area (Å²) < 4.78 is 0. The summed E-state index contributed by atoms with van der Waals surface area (Å²) in [6.07, 6.45) is 0. The molecule has 0 atom stereocenters. The van der Waals surface area contributed by atoms with Gasteiger partial charge in [-0.05, 0) is 73.3 Å². The predicted molar refractivity (Wildman–Crippen MR) is 136 cm³/mol. The predicted octanol–water partition coefficient (Wildman–Crippen LogP) is 8.18. The van der Waals surface area contributed by atoms with Crippen LogP contribution in [0.2, 0.25) is 0 Å². The van der Waals surface area contributed by atoms with Gasteiger partial charge in [0.15, 0.2) is 5.78 Å². The molecule has 0 aliphatic rings. The molecule has 1 heteroatoms. The maximum absolute atomic E-state index is 13.8. The molecule has 0 aromatic heterocycles. The molecule has 0 unspecified atom stereocenters. The second-order valence-corrected chi connectivity index (χ2v) is 8.98. The standard InChI is InChI=1S/C31H20O/c1-17-9-11-21(12-10-17)31(32)26-18(2)22-15-13-19-5-3-7-23-24-8-4-6-20-14-16-25(26)30(28(20)24)29(22)27(19)23/h3-16H,1-2H3. The van der Waals surface area contributed by atoms with Crippen LogP contribution in [0.3, 0.4) is 0 Å². The minimum atomic E-state index is 0.0974. The molecule has 0 saturated carbocycles. The highest BCUT2D eigenvalue weighted by atomic mass is 16.1. The van der Waals surface area contributed by atoms with Crippen molar-refractivity contribution in [2.24, 2.45) is 0 Å². The number of hydrogen-bond donors (Lipinski definition) is 0. The smallest absolute Gasteiger partial charge is 0.193 e. The van der Waals surface area contributed by atoms with Gasteiger partial charge >= 0.3 is 0 Å². The number of aryl methyl sites for hydroxylation is 2. The number of fused-ring (bicyclic) bond motifs is 1. The van der Waals surface area contributed by atoms with Crippen molar-refractivity contribution in [2.45, 2.75) is 13.8 Å². The summed E-state index contributed by atoms with van der Waals surface area (Å²) in [5, 5.41) is 12.3. The van der Waals surface area contributed by atoms with Gasteiger partial charge in [0.1, 0.15) is 0 Å². The van der Waals surface area contributed by atoms with Crippen LogP contribution in [0.1, 0.15) is 27.0 Å². The molecule has 0 aliphatic carbocycles. The number of carbonyl (C=O) groups excluding carboxylic acids is 1. The van der Waals surface area contributed by atoms with Crippen molar-refractivity contribution in [3.63, 3.8) is 0 Å². The van der Waals surface area contributed by atoms with Crippen LogP contribution in [0.25, 0.3) is 53.9 Å². The third-order valence-electron chi connectivity index (χ3n) is 7.22. The fourth-order valence-corrected chi connectivity index (χ4v) is 5.73. The Morgan fingerprint density at radius 1 is 0.531 bits per heavy atom. The lowest BCUT2D eigenvalue weighted by atomic mass is 9.81. The van der Waals surface area contributed by atoms with Crippen molar-refractivity contribution in [1.29, 1.82) is 0 Å². The minimum absolute atomic E-state index is 0.0974. The van der Waals surface area contributed by atoms with Gasteiger partial charge in [0.25, 0.3) is 0 Å². The van der Waals surface area contributed by atoms with E-state index in [0.717, 1.165) is 27.6 Å². The molecule has 0 amide bonds. The summed E-state index contributed by atoms with van der Waals surface area (Å²) in [5.74, 6) is 0.0974. The Hall–Kier alpha value is -3.97.